The fraction of sp³-hybridized carbons (Fsp3) is 0.476. The van der Waals surface area contributed by atoms with Crippen LogP contribution in [-0.4, -0.2) is 93.5 Å². The van der Waals surface area contributed by atoms with Crippen LogP contribution in [0.1, 0.15) is 26.2 Å². The second-order valence-electron chi connectivity index (χ2n) is 5.90. The van der Waals surface area contributed by atoms with Crippen LogP contribution in [0.15, 0.2) is 38.0 Å². The van der Waals surface area contributed by atoms with Crippen LogP contribution in [-0.2, 0) is 33.4 Å². The Morgan fingerprint density at radius 2 is 1.00 bits per heavy atom. The van der Waals surface area contributed by atoms with Crippen LogP contribution in [0.4, 0.5) is 0 Å². The lowest BCUT2D eigenvalue weighted by atomic mass is 9.88. The van der Waals surface area contributed by atoms with Crippen LogP contribution in [0.3, 0.4) is 0 Å². The highest BCUT2D eigenvalue weighted by Gasteiger charge is 2.24. The van der Waals surface area contributed by atoms with Crippen molar-refractivity contribution in [3.8, 4) is 0 Å². The fourth-order valence-corrected chi connectivity index (χ4v) is 1.08. The summed E-state index contributed by atoms with van der Waals surface area (Å²) in [5.41, 5.74) is -0.667. The van der Waals surface area contributed by atoms with Crippen molar-refractivity contribution < 1.29 is 64.1 Å². The van der Waals surface area contributed by atoms with E-state index in [9.17, 15) is 24.0 Å². The van der Waals surface area contributed by atoms with Gasteiger partial charge >= 0.3 is 29.8 Å². The first-order chi connectivity index (χ1) is 15.8. The van der Waals surface area contributed by atoms with Crippen LogP contribution in [0.25, 0.3) is 0 Å². The normalized spacial score (nSPS) is 9.06. The quantitative estimate of drug-likeness (QED) is 0.146. The lowest BCUT2D eigenvalue weighted by molar-refractivity contribution is -0.144. The maximum Gasteiger partial charge on any atom is 0.330 e. The standard InChI is InChI=1S/2C6H8O4.C6H14O3.C3H4O2/c2*1-2-6(9)10-4-3-5(7)8;1-2-6(3-7,4-8)5-9;1-2-3(4)5/h2*2H,1,3-4H2,(H,7,8);7-9H,2-5H2,1H3;2H,1H2,(H,4,5). The van der Waals surface area contributed by atoms with Crippen LogP contribution < -0.4 is 0 Å². The number of carboxylic acids is 3. The molecule has 0 unspecified atom stereocenters. The monoisotopic (exact) mass is 494 g/mol. The van der Waals surface area contributed by atoms with Crippen molar-refractivity contribution in [3.05, 3.63) is 38.0 Å². The topological polar surface area (TPSA) is 225 Å². The van der Waals surface area contributed by atoms with Gasteiger partial charge < -0.3 is 40.1 Å². The van der Waals surface area contributed by atoms with Crippen molar-refractivity contribution in [2.45, 2.75) is 26.2 Å². The number of carbonyl (C=O) groups excluding carboxylic acids is 2. The summed E-state index contributed by atoms with van der Waals surface area (Å²) >= 11 is 0. The number of esters is 2. The maximum absolute atomic E-state index is 10.3. The Bertz CT molecular complexity index is 583. The van der Waals surface area contributed by atoms with Gasteiger partial charge in [-0.3, -0.25) is 9.59 Å². The summed E-state index contributed by atoms with van der Waals surface area (Å²) in [5, 5.41) is 49.7. The molecule has 13 heteroatoms. The lowest BCUT2D eigenvalue weighted by Crippen LogP contribution is -2.32. The number of rotatable bonds is 13. The van der Waals surface area contributed by atoms with Gasteiger partial charge in [0.1, 0.15) is 13.2 Å². The van der Waals surface area contributed by atoms with E-state index in [0.29, 0.717) is 6.42 Å². The van der Waals surface area contributed by atoms with Crippen molar-refractivity contribution in [3.63, 3.8) is 0 Å². The second kappa shape index (κ2) is 25.7. The molecule has 0 bridgehead atoms. The number of aliphatic hydroxyl groups excluding tert-OH is 3. The molecular weight excluding hydrogens is 460 g/mol. The maximum atomic E-state index is 10.3. The fourth-order valence-electron chi connectivity index (χ4n) is 1.08. The molecule has 0 aromatic heterocycles. The molecule has 0 rings (SSSR count). The lowest BCUT2D eigenvalue weighted by Gasteiger charge is -2.24. The summed E-state index contributed by atoms with van der Waals surface area (Å²) < 4.78 is 8.73. The highest BCUT2D eigenvalue weighted by molar-refractivity contribution is 5.81. The molecule has 0 aromatic rings. The van der Waals surface area contributed by atoms with Gasteiger partial charge in [0.2, 0.25) is 0 Å². The van der Waals surface area contributed by atoms with E-state index >= 15 is 0 Å². The third kappa shape index (κ3) is 30.6. The summed E-state index contributed by atoms with van der Waals surface area (Å²) in [6.45, 7) is 10.4. The van der Waals surface area contributed by atoms with E-state index in [-0.39, 0.29) is 45.9 Å². The predicted octanol–water partition coefficient (Wildman–Crippen LogP) is -0.00270. The molecule has 0 radical (unpaired) electrons. The van der Waals surface area contributed by atoms with Crippen molar-refractivity contribution in [2.75, 3.05) is 33.0 Å². The van der Waals surface area contributed by atoms with Gasteiger partial charge in [-0.25, -0.2) is 14.4 Å². The number of aliphatic hydroxyl groups is 3. The van der Waals surface area contributed by atoms with E-state index in [2.05, 4.69) is 29.2 Å². The minimum atomic E-state index is -0.989. The van der Waals surface area contributed by atoms with E-state index in [1.54, 1.807) is 0 Å². The minimum absolute atomic E-state index is 0.0970. The Morgan fingerprint density at radius 3 is 1.12 bits per heavy atom. The number of carboxylic acid groups (broad SMARTS) is 3. The second-order valence-corrected chi connectivity index (χ2v) is 5.90. The molecule has 0 aliphatic carbocycles. The van der Waals surface area contributed by atoms with Gasteiger partial charge in [0.15, 0.2) is 0 Å². The highest BCUT2D eigenvalue weighted by atomic mass is 16.5. The van der Waals surface area contributed by atoms with E-state index in [4.69, 9.17) is 30.6 Å². The number of hydrogen-bond donors (Lipinski definition) is 6. The number of carbonyl (C=O) groups is 5. The summed E-state index contributed by atoms with van der Waals surface area (Å²) in [6, 6.07) is 0. The van der Waals surface area contributed by atoms with E-state index in [1.807, 2.05) is 6.92 Å². The molecule has 0 spiro atoms. The van der Waals surface area contributed by atoms with Crippen LogP contribution in [0.2, 0.25) is 0 Å². The molecule has 0 aliphatic heterocycles. The van der Waals surface area contributed by atoms with Crippen LogP contribution in [0, 0.1) is 5.41 Å². The van der Waals surface area contributed by atoms with E-state index in [1.165, 1.54) is 0 Å². The molecule has 0 heterocycles. The van der Waals surface area contributed by atoms with Crippen LogP contribution >= 0.6 is 0 Å². The average molecular weight is 494 g/mol. The van der Waals surface area contributed by atoms with Gasteiger partial charge in [-0.2, -0.15) is 0 Å². The van der Waals surface area contributed by atoms with Gasteiger partial charge in [-0.1, -0.05) is 26.7 Å². The highest BCUT2D eigenvalue weighted by Crippen LogP contribution is 2.18. The zero-order valence-corrected chi connectivity index (χ0v) is 19.1. The Hall–Kier alpha value is -3.55. The van der Waals surface area contributed by atoms with Gasteiger partial charge in [0.25, 0.3) is 0 Å². The predicted molar refractivity (Wildman–Crippen MR) is 119 cm³/mol. The molecule has 13 nitrogen and oxygen atoms in total. The zero-order chi connectivity index (χ0) is 27.6. The van der Waals surface area contributed by atoms with Crippen molar-refractivity contribution in [2.24, 2.45) is 5.41 Å². The number of aliphatic carboxylic acids is 3. The molecule has 0 saturated heterocycles. The smallest absolute Gasteiger partial charge is 0.330 e. The Balaban J connectivity index is -0.000000181. The van der Waals surface area contributed by atoms with Crippen LogP contribution in [0.5, 0.6) is 0 Å². The van der Waals surface area contributed by atoms with Gasteiger partial charge in [-0.05, 0) is 6.42 Å². The number of ether oxygens (including phenoxy) is 2. The largest absolute Gasteiger partial charge is 0.481 e. The average Bonchev–Trinajstić information content (AvgIpc) is 2.81. The molecule has 0 fully saturated rings. The van der Waals surface area contributed by atoms with E-state index in [0.717, 1.165) is 18.2 Å². The number of hydrogen-bond acceptors (Lipinski definition) is 10. The van der Waals surface area contributed by atoms with Crippen molar-refractivity contribution >= 4 is 29.8 Å². The molecule has 0 amide bonds. The first kappa shape index (κ1) is 37.7. The first-order valence-electron chi connectivity index (χ1n) is 9.54. The van der Waals surface area contributed by atoms with Crippen molar-refractivity contribution in [1.82, 2.24) is 0 Å². The zero-order valence-electron chi connectivity index (χ0n) is 19.1. The molecule has 0 atom stereocenters. The molecule has 0 aliphatic rings. The molecule has 0 saturated carbocycles. The van der Waals surface area contributed by atoms with Gasteiger partial charge in [0.05, 0.1) is 32.7 Å². The SMILES string of the molecule is C=CC(=O)O.C=CC(=O)OCCC(=O)O.C=CC(=O)OCCC(=O)O.CCC(CO)(CO)CO. The molecule has 34 heavy (non-hydrogen) atoms. The molecular formula is C21H34O13. The first-order valence-corrected chi connectivity index (χ1v) is 9.54. The van der Waals surface area contributed by atoms with Gasteiger partial charge in [-0.15, -0.1) is 0 Å². The molecule has 196 valence electrons. The Morgan fingerprint density at radius 1 is 0.706 bits per heavy atom. The molecule has 0 aromatic carbocycles. The van der Waals surface area contributed by atoms with E-state index < -0.39 is 35.3 Å². The summed E-state index contributed by atoms with van der Waals surface area (Å²) in [4.78, 5) is 49.5. The third-order valence-electron chi connectivity index (χ3n) is 3.38. The molecule has 6 N–H and O–H groups in total. The third-order valence-corrected chi connectivity index (χ3v) is 3.38. The van der Waals surface area contributed by atoms with Gasteiger partial charge in [0, 0.05) is 23.6 Å². The summed E-state index contributed by atoms with van der Waals surface area (Å²) in [5.74, 6) is -4.15. The van der Waals surface area contributed by atoms with Crippen molar-refractivity contribution in [1.29, 1.82) is 0 Å². The Kier molecular flexibility index (Phi) is 28.5. The Labute approximate surface area is 197 Å². The summed E-state index contributed by atoms with van der Waals surface area (Å²) in [7, 11) is 0. The minimum Gasteiger partial charge on any atom is -0.481 e. The summed E-state index contributed by atoms with van der Waals surface area (Å²) in [6.07, 6.45) is 3.07.